The number of rotatable bonds is 7. The van der Waals surface area contributed by atoms with Crippen LogP contribution in [0.25, 0.3) is 6.08 Å². The summed E-state index contributed by atoms with van der Waals surface area (Å²) < 4.78 is 7.05. The third kappa shape index (κ3) is 7.18. The number of ether oxygens (including phenoxy) is 1. The average Bonchev–Trinajstić information content (AvgIpc) is 2.81. The van der Waals surface area contributed by atoms with Gasteiger partial charge in [0.05, 0.1) is 4.47 Å². The SMILES string of the molecule is Cc1cccc(NC(=O)COc2c(Br)cc(Br)cc2/C=C(/C#N)C(=O)Nc2ccc(Cl)cc2)c1C. The predicted molar refractivity (Wildman–Crippen MR) is 146 cm³/mol. The van der Waals surface area contributed by atoms with Gasteiger partial charge in [0.1, 0.15) is 17.4 Å². The highest BCUT2D eigenvalue weighted by Gasteiger charge is 2.16. The number of hydrogen-bond acceptors (Lipinski definition) is 4. The van der Waals surface area contributed by atoms with E-state index < -0.39 is 5.91 Å². The van der Waals surface area contributed by atoms with Crippen LogP contribution >= 0.6 is 43.5 Å². The van der Waals surface area contributed by atoms with Crippen molar-refractivity contribution in [3.63, 3.8) is 0 Å². The Labute approximate surface area is 225 Å². The first-order chi connectivity index (χ1) is 16.7. The van der Waals surface area contributed by atoms with Gasteiger partial charge in [0.25, 0.3) is 11.8 Å². The molecule has 2 N–H and O–H groups in total. The molecule has 3 aromatic carbocycles. The van der Waals surface area contributed by atoms with Crippen molar-refractivity contribution in [3.05, 3.63) is 90.8 Å². The third-order valence-electron chi connectivity index (χ3n) is 5.03. The first-order valence-corrected chi connectivity index (χ1v) is 12.3. The zero-order valence-corrected chi connectivity index (χ0v) is 22.7. The number of carbonyl (C=O) groups is 2. The minimum atomic E-state index is -0.593. The first kappa shape index (κ1) is 26.5. The van der Waals surface area contributed by atoms with Crippen LogP contribution in [0.1, 0.15) is 16.7 Å². The number of nitrogens with zero attached hydrogens (tertiary/aromatic N) is 1. The summed E-state index contributed by atoms with van der Waals surface area (Å²) in [5.74, 6) is -0.620. The van der Waals surface area contributed by atoms with E-state index >= 15 is 0 Å². The van der Waals surface area contributed by atoms with E-state index in [0.29, 0.717) is 36.7 Å². The van der Waals surface area contributed by atoms with E-state index in [1.54, 1.807) is 36.4 Å². The van der Waals surface area contributed by atoms with Gasteiger partial charge in [-0.1, -0.05) is 39.7 Å². The monoisotopic (exact) mass is 615 g/mol. The molecule has 0 radical (unpaired) electrons. The minimum absolute atomic E-state index is 0.144. The molecule has 2 amide bonds. The summed E-state index contributed by atoms with van der Waals surface area (Å²) in [5.41, 5.74) is 3.53. The molecule has 0 bridgehead atoms. The lowest BCUT2D eigenvalue weighted by molar-refractivity contribution is -0.118. The number of hydrogen-bond donors (Lipinski definition) is 2. The van der Waals surface area contributed by atoms with Crippen LogP contribution < -0.4 is 15.4 Å². The number of aryl methyl sites for hydroxylation is 1. The molecule has 0 fully saturated rings. The number of halogens is 3. The van der Waals surface area contributed by atoms with Crippen LogP contribution in [-0.4, -0.2) is 18.4 Å². The Bertz CT molecular complexity index is 1350. The third-order valence-corrected chi connectivity index (χ3v) is 6.33. The minimum Gasteiger partial charge on any atom is -0.482 e. The van der Waals surface area contributed by atoms with E-state index in [0.717, 1.165) is 11.1 Å². The fourth-order valence-electron chi connectivity index (χ4n) is 3.09. The standard InChI is InChI=1S/C26H20Br2ClN3O3/c1-15-4-3-5-23(16(15)2)32-24(33)14-35-25-17(11-19(27)12-22(25)28)10-18(13-30)26(34)31-21-8-6-20(29)7-9-21/h3-12H,14H2,1-2H3,(H,31,34)(H,32,33)/b18-10-. The van der Waals surface area contributed by atoms with Crippen molar-refractivity contribution in [1.82, 2.24) is 0 Å². The molecule has 6 nitrogen and oxygen atoms in total. The molecule has 0 aliphatic rings. The molecular formula is C26H20Br2ClN3O3. The molecule has 3 rings (SSSR count). The van der Waals surface area contributed by atoms with Crippen LogP contribution in [0.3, 0.4) is 0 Å². The van der Waals surface area contributed by atoms with Crippen molar-refractivity contribution in [2.24, 2.45) is 0 Å². The molecule has 0 spiro atoms. The fourth-order valence-corrected chi connectivity index (χ4v) is 4.58. The summed E-state index contributed by atoms with van der Waals surface area (Å²) in [6, 6.07) is 17.5. The molecule has 3 aromatic rings. The van der Waals surface area contributed by atoms with Gasteiger partial charge in [-0.3, -0.25) is 9.59 Å². The molecule has 0 unspecified atom stereocenters. The molecule has 178 valence electrons. The maximum absolute atomic E-state index is 12.7. The summed E-state index contributed by atoms with van der Waals surface area (Å²) in [7, 11) is 0. The van der Waals surface area contributed by atoms with Gasteiger partial charge in [-0.05, 0) is 89.4 Å². The van der Waals surface area contributed by atoms with Gasteiger partial charge in [-0.25, -0.2) is 0 Å². The van der Waals surface area contributed by atoms with Crippen LogP contribution in [-0.2, 0) is 9.59 Å². The number of carbonyl (C=O) groups excluding carboxylic acids is 2. The Morgan fingerprint density at radius 2 is 1.80 bits per heavy atom. The molecule has 0 aliphatic heterocycles. The van der Waals surface area contributed by atoms with Gasteiger partial charge in [0.2, 0.25) is 0 Å². The maximum Gasteiger partial charge on any atom is 0.266 e. The largest absolute Gasteiger partial charge is 0.482 e. The second kappa shape index (κ2) is 12.0. The lowest BCUT2D eigenvalue weighted by atomic mass is 10.1. The normalized spacial score (nSPS) is 10.9. The highest BCUT2D eigenvalue weighted by Crippen LogP contribution is 2.34. The highest BCUT2D eigenvalue weighted by molar-refractivity contribution is 9.11. The molecule has 0 heterocycles. The van der Waals surface area contributed by atoms with Crippen LogP contribution in [0.4, 0.5) is 11.4 Å². The van der Waals surface area contributed by atoms with Crippen LogP contribution in [0, 0.1) is 25.2 Å². The van der Waals surface area contributed by atoms with Crippen molar-refractivity contribution < 1.29 is 14.3 Å². The van der Waals surface area contributed by atoms with Gasteiger partial charge >= 0.3 is 0 Å². The molecule has 0 atom stereocenters. The molecule has 0 saturated carbocycles. The van der Waals surface area contributed by atoms with E-state index in [2.05, 4.69) is 42.5 Å². The Hall–Kier alpha value is -3.12. The van der Waals surface area contributed by atoms with Gasteiger partial charge in [-0.15, -0.1) is 0 Å². The number of nitriles is 1. The molecule has 35 heavy (non-hydrogen) atoms. The lowest BCUT2D eigenvalue weighted by Crippen LogP contribution is -2.21. The summed E-state index contributed by atoms with van der Waals surface area (Å²) in [4.78, 5) is 25.2. The number of amides is 2. The lowest BCUT2D eigenvalue weighted by Gasteiger charge is -2.14. The van der Waals surface area contributed by atoms with E-state index in [9.17, 15) is 14.9 Å². The highest BCUT2D eigenvalue weighted by atomic mass is 79.9. The number of benzene rings is 3. The average molecular weight is 618 g/mol. The van der Waals surface area contributed by atoms with Crippen LogP contribution in [0.5, 0.6) is 5.75 Å². The summed E-state index contributed by atoms with van der Waals surface area (Å²) >= 11 is 12.7. The van der Waals surface area contributed by atoms with Crippen LogP contribution in [0.15, 0.2) is 69.1 Å². The fraction of sp³-hybridized carbons (Fsp3) is 0.115. The first-order valence-electron chi connectivity index (χ1n) is 10.3. The van der Waals surface area contributed by atoms with Gasteiger partial charge in [0, 0.05) is 26.4 Å². The van der Waals surface area contributed by atoms with Crippen molar-refractivity contribution in [1.29, 1.82) is 5.26 Å². The number of nitrogens with one attached hydrogen (secondary N) is 2. The van der Waals surface area contributed by atoms with Gasteiger partial charge < -0.3 is 15.4 Å². The summed E-state index contributed by atoms with van der Waals surface area (Å²) in [6.45, 7) is 3.63. The zero-order valence-electron chi connectivity index (χ0n) is 18.8. The van der Waals surface area contributed by atoms with E-state index in [1.807, 2.05) is 38.1 Å². The maximum atomic E-state index is 12.7. The molecule has 0 aromatic heterocycles. The quantitative estimate of drug-likeness (QED) is 0.220. The van der Waals surface area contributed by atoms with E-state index in [4.69, 9.17) is 16.3 Å². The molecule has 0 saturated heterocycles. The molecule has 9 heteroatoms. The van der Waals surface area contributed by atoms with Crippen molar-refractivity contribution >= 4 is 72.7 Å². The topological polar surface area (TPSA) is 91.2 Å². The summed E-state index contributed by atoms with van der Waals surface area (Å²) in [6.07, 6.45) is 1.40. The molecular weight excluding hydrogens is 598 g/mol. The van der Waals surface area contributed by atoms with Gasteiger partial charge in [0.15, 0.2) is 6.61 Å². The Morgan fingerprint density at radius 1 is 1.09 bits per heavy atom. The molecule has 0 aliphatic carbocycles. The Morgan fingerprint density at radius 3 is 2.49 bits per heavy atom. The smallest absolute Gasteiger partial charge is 0.266 e. The number of anilines is 2. The van der Waals surface area contributed by atoms with Crippen molar-refractivity contribution in [2.45, 2.75) is 13.8 Å². The van der Waals surface area contributed by atoms with E-state index in [-0.39, 0.29) is 18.1 Å². The predicted octanol–water partition coefficient (Wildman–Crippen LogP) is 7.05. The second-order valence-corrected chi connectivity index (χ2v) is 9.73. The van der Waals surface area contributed by atoms with Crippen molar-refractivity contribution in [2.75, 3.05) is 17.2 Å². The second-order valence-electron chi connectivity index (χ2n) is 7.52. The van der Waals surface area contributed by atoms with Crippen LogP contribution in [0.2, 0.25) is 5.02 Å². The Kier molecular flexibility index (Phi) is 9.10. The van der Waals surface area contributed by atoms with Crippen molar-refractivity contribution in [3.8, 4) is 11.8 Å². The Balaban J connectivity index is 1.81. The van der Waals surface area contributed by atoms with Gasteiger partial charge in [-0.2, -0.15) is 5.26 Å². The summed E-state index contributed by atoms with van der Waals surface area (Å²) in [5, 5.41) is 15.6. The van der Waals surface area contributed by atoms with E-state index in [1.165, 1.54) is 6.08 Å². The zero-order chi connectivity index (χ0) is 25.5.